The lowest BCUT2D eigenvalue weighted by atomic mass is 9.89. The third-order valence-electron chi connectivity index (χ3n) is 5.19. The van der Waals surface area contributed by atoms with Crippen LogP contribution in [0.4, 0.5) is 0 Å². The SMILES string of the molecule is O=C(Cc1ccc(-n2cnnn2)cc1)NCCCOC1CCCc2ccccc21. The van der Waals surface area contributed by atoms with E-state index in [1.807, 2.05) is 24.3 Å². The minimum Gasteiger partial charge on any atom is -0.373 e. The number of fused-ring (bicyclic) bond motifs is 1. The van der Waals surface area contributed by atoms with Gasteiger partial charge in [0, 0.05) is 13.2 Å². The number of ether oxygens (including phenoxy) is 1. The van der Waals surface area contributed by atoms with Crippen molar-refractivity contribution in [2.75, 3.05) is 13.2 Å². The normalized spacial score (nSPS) is 15.7. The molecule has 7 heteroatoms. The molecule has 0 saturated carbocycles. The largest absolute Gasteiger partial charge is 0.373 e. The van der Waals surface area contributed by atoms with Crippen molar-refractivity contribution in [3.63, 3.8) is 0 Å². The molecule has 4 rings (SSSR count). The molecule has 1 aliphatic carbocycles. The lowest BCUT2D eigenvalue weighted by molar-refractivity contribution is -0.120. The molecule has 0 bridgehead atoms. The van der Waals surface area contributed by atoms with Gasteiger partial charge in [-0.2, -0.15) is 0 Å². The maximum Gasteiger partial charge on any atom is 0.224 e. The first-order valence-electron chi connectivity index (χ1n) is 10.1. The third kappa shape index (κ3) is 5.06. The molecule has 1 N–H and O–H groups in total. The molecule has 29 heavy (non-hydrogen) atoms. The van der Waals surface area contributed by atoms with Crippen molar-refractivity contribution in [1.29, 1.82) is 0 Å². The Balaban J connectivity index is 1.16. The number of rotatable bonds is 8. The predicted octanol–water partition coefficient (Wildman–Crippen LogP) is 2.81. The minimum atomic E-state index is 0.0168. The van der Waals surface area contributed by atoms with Crippen molar-refractivity contribution in [2.24, 2.45) is 0 Å². The second kappa shape index (κ2) is 9.43. The Morgan fingerprint density at radius 2 is 2.03 bits per heavy atom. The molecule has 1 amide bonds. The molecule has 7 nitrogen and oxygen atoms in total. The molecule has 1 aromatic heterocycles. The van der Waals surface area contributed by atoms with Gasteiger partial charge in [0.2, 0.25) is 5.91 Å². The zero-order valence-corrected chi connectivity index (χ0v) is 16.3. The van der Waals surface area contributed by atoms with Crippen LogP contribution in [0.1, 0.15) is 42.1 Å². The van der Waals surface area contributed by atoms with Crippen molar-refractivity contribution < 1.29 is 9.53 Å². The lowest BCUT2D eigenvalue weighted by Gasteiger charge is -2.25. The van der Waals surface area contributed by atoms with Crippen molar-refractivity contribution in [2.45, 2.75) is 38.2 Å². The van der Waals surface area contributed by atoms with E-state index in [1.54, 1.807) is 4.68 Å². The Kier molecular flexibility index (Phi) is 6.26. The Hall–Kier alpha value is -3.06. The van der Waals surface area contributed by atoms with Gasteiger partial charge in [-0.25, -0.2) is 4.68 Å². The van der Waals surface area contributed by atoms with Gasteiger partial charge in [0.1, 0.15) is 6.33 Å². The fraction of sp³-hybridized carbons (Fsp3) is 0.364. The summed E-state index contributed by atoms with van der Waals surface area (Å²) in [6.45, 7) is 1.27. The van der Waals surface area contributed by atoms with Crippen LogP contribution in [-0.2, 0) is 22.4 Å². The summed E-state index contributed by atoms with van der Waals surface area (Å²) in [4.78, 5) is 12.2. The summed E-state index contributed by atoms with van der Waals surface area (Å²) in [5, 5.41) is 14.1. The smallest absolute Gasteiger partial charge is 0.224 e. The van der Waals surface area contributed by atoms with Gasteiger partial charge in [0.25, 0.3) is 0 Å². The topological polar surface area (TPSA) is 81.9 Å². The van der Waals surface area contributed by atoms with E-state index < -0.39 is 0 Å². The monoisotopic (exact) mass is 391 g/mol. The van der Waals surface area contributed by atoms with Crippen LogP contribution in [0.2, 0.25) is 0 Å². The maximum atomic E-state index is 12.2. The molecule has 150 valence electrons. The molecule has 0 saturated heterocycles. The first-order valence-corrected chi connectivity index (χ1v) is 10.1. The van der Waals surface area contributed by atoms with Gasteiger partial charge >= 0.3 is 0 Å². The number of tetrazole rings is 1. The molecular formula is C22H25N5O2. The molecule has 0 radical (unpaired) electrons. The van der Waals surface area contributed by atoms with Crippen LogP contribution >= 0.6 is 0 Å². The Morgan fingerprint density at radius 1 is 1.17 bits per heavy atom. The van der Waals surface area contributed by atoms with Crippen LogP contribution < -0.4 is 5.32 Å². The lowest BCUT2D eigenvalue weighted by Crippen LogP contribution is -2.27. The molecule has 0 fully saturated rings. The number of carbonyl (C=O) groups is 1. The van der Waals surface area contributed by atoms with Crippen molar-refractivity contribution in [3.8, 4) is 5.69 Å². The van der Waals surface area contributed by atoms with E-state index >= 15 is 0 Å². The summed E-state index contributed by atoms with van der Waals surface area (Å²) < 4.78 is 7.67. The van der Waals surface area contributed by atoms with E-state index in [0.717, 1.165) is 30.5 Å². The summed E-state index contributed by atoms with van der Waals surface area (Å²) in [5.74, 6) is 0.0168. The van der Waals surface area contributed by atoms with Gasteiger partial charge in [-0.15, -0.1) is 5.10 Å². The zero-order chi connectivity index (χ0) is 19.9. The summed E-state index contributed by atoms with van der Waals surface area (Å²) >= 11 is 0. The highest BCUT2D eigenvalue weighted by Gasteiger charge is 2.19. The minimum absolute atomic E-state index is 0.0168. The number of aryl methyl sites for hydroxylation is 1. The summed E-state index contributed by atoms with van der Waals surface area (Å²) in [5.41, 5.74) is 4.55. The molecule has 0 spiro atoms. The van der Waals surface area contributed by atoms with E-state index in [2.05, 4.69) is 45.1 Å². The first-order chi connectivity index (χ1) is 14.3. The van der Waals surface area contributed by atoms with Gasteiger partial charge in [-0.1, -0.05) is 36.4 Å². The number of amides is 1. The van der Waals surface area contributed by atoms with Gasteiger partial charge in [-0.05, 0) is 64.9 Å². The number of hydrogen-bond acceptors (Lipinski definition) is 5. The summed E-state index contributed by atoms with van der Waals surface area (Å²) in [6.07, 6.45) is 6.28. The first kappa shape index (κ1) is 19.3. The van der Waals surface area contributed by atoms with Crippen molar-refractivity contribution in [1.82, 2.24) is 25.5 Å². The Morgan fingerprint density at radius 3 is 2.86 bits per heavy atom. The van der Waals surface area contributed by atoms with Crippen LogP contribution in [0.25, 0.3) is 5.69 Å². The van der Waals surface area contributed by atoms with E-state index in [-0.39, 0.29) is 12.0 Å². The van der Waals surface area contributed by atoms with E-state index in [1.165, 1.54) is 23.9 Å². The highest BCUT2D eigenvalue weighted by atomic mass is 16.5. The quantitative estimate of drug-likeness (QED) is 0.597. The molecule has 1 unspecified atom stereocenters. The molecule has 2 aromatic carbocycles. The van der Waals surface area contributed by atoms with E-state index in [4.69, 9.17) is 4.74 Å². The number of aromatic nitrogens is 4. The zero-order valence-electron chi connectivity index (χ0n) is 16.3. The van der Waals surface area contributed by atoms with Gasteiger partial charge in [0.05, 0.1) is 18.2 Å². The Bertz CT molecular complexity index is 925. The van der Waals surface area contributed by atoms with E-state index in [0.29, 0.717) is 19.6 Å². The second-order valence-electron chi connectivity index (χ2n) is 7.25. The summed E-state index contributed by atoms with van der Waals surface area (Å²) in [6, 6.07) is 16.2. The molecule has 0 aliphatic heterocycles. The molecule has 1 atom stereocenters. The Labute approximate surface area is 170 Å². The molecule has 1 heterocycles. The van der Waals surface area contributed by atoms with Crippen LogP contribution in [0.3, 0.4) is 0 Å². The fourth-order valence-corrected chi connectivity index (χ4v) is 3.70. The fourth-order valence-electron chi connectivity index (χ4n) is 3.70. The van der Waals surface area contributed by atoms with E-state index in [9.17, 15) is 4.79 Å². The summed E-state index contributed by atoms with van der Waals surface area (Å²) in [7, 11) is 0. The van der Waals surface area contributed by atoms with Gasteiger partial charge < -0.3 is 10.1 Å². The average Bonchev–Trinajstić information content (AvgIpc) is 3.29. The molecular weight excluding hydrogens is 366 g/mol. The molecule has 3 aromatic rings. The maximum absolute atomic E-state index is 12.2. The van der Waals surface area contributed by atoms with Crippen LogP contribution in [0.5, 0.6) is 0 Å². The average molecular weight is 391 g/mol. The van der Waals surface area contributed by atoms with Crippen molar-refractivity contribution in [3.05, 3.63) is 71.5 Å². The number of nitrogens with zero attached hydrogens (tertiary/aromatic N) is 4. The van der Waals surface area contributed by atoms with Crippen LogP contribution in [0.15, 0.2) is 54.9 Å². The second-order valence-corrected chi connectivity index (χ2v) is 7.25. The highest BCUT2D eigenvalue weighted by molar-refractivity contribution is 5.78. The van der Waals surface area contributed by atoms with Crippen LogP contribution in [-0.4, -0.2) is 39.3 Å². The van der Waals surface area contributed by atoms with Gasteiger partial charge in [0.15, 0.2) is 0 Å². The number of hydrogen-bond donors (Lipinski definition) is 1. The molecule has 1 aliphatic rings. The standard InChI is InChI=1S/C22H25N5O2/c28-22(15-17-9-11-19(12-10-17)27-16-24-25-26-27)23-13-4-14-29-21-8-3-6-18-5-1-2-7-20(18)21/h1-2,5,7,9-12,16,21H,3-4,6,8,13-15H2,(H,23,28). The highest BCUT2D eigenvalue weighted by Crippen LogP contribution is 2.32. The number of nitrogens with one attached hydrogen (secondary N) is 1. The predicted molar refractivity (Wildman–Crippen MR) is 109 cm³/mol. The third-order valence-corrected chi connectivity index (χ3v) is 5.19. The van der Waals surface area contributed by atoms with Crippen LogP contribution in [0, 0.1) is 0 Å². The number of benzene rings is 2. The number of carbonyl (C=O) groups excluding carboxylic acids is 1. The van der Waals surface area contributed by atoms with Gasteiger partial charge in [-0.3, -0.25) is 4.79 Å². The van der Waals surface area contributed by atoms with Crippen molar-refractivity contribution >= 4 is 5.91 Å².